The van der Waals surface area contributed by atoms with Crippen molar-refractivity contribution >= 4 is 49.0 Å². The molecule has 116 valence electrons. The molecule has 0 aliphatic heterocycles. The number of nitrogens with zero attached hydrogens (tertiary/aromatic N) is 2. The van der Waals surface area contributed by atoms with Crippen LogP contribution in [0, 0.1) is 13.8 Å². The third-order valence-corrected chi connectivity index (χ3v) is 6.30. The predicted octanol–water partition coefficient (Wildman–Crippen LogP) is 1.87. The Balaban J connectivity index is 2.18. The molecule has 0 aromatic carbocycles. The van der Waals surface area contributed by atoms with Crippen LogP contribution in [-0.2, 0) is 15.6 Å². The third-order valence-electron chi connectivity index (χ3n) is 3.04. The second kappa shape index (κ2) is 6.47. The normalized spacial score (nSPS) is 12.0. The summed E-state index contributed by atoms with van der Waals surface area (Å²) in [5.74, 6) is 8.11. The van der Waals surface area contributed by atoms with Gasteiger partial charge in [-0.3, -0.25) is 0 Å². The highest BCUT2D eigenvalue weighted by atomic mass is 32.2. The van der Waals surface area contributed by atoms with Gasteiger partial charge < -0.3 is 5.43 Å². The molecule has 2 heterocycles. The number of anilines is 1. The summed E-state index contributed by atoms with van der Waals surface area (Å²) >= 11 is 3.12. The second-order valence-corrected chi connectivity index (χ2v) is 9.35. The molecule has 0 atom stereocenters. The average molecular weight is 347 g/mol. The summed E-state index contributed by atoms with van der Waals surface area (Å²) in [4.78, 5) is 11.1. The Bertz CT molecular complexity index is 755. The van der Waals surface area contributed by atoms with Crippen molar-refractivity contribution in [1.82, 2.24) is 9.97 Å². The number of nitrogens with two attached hydrogens (primary N) is 1. The summed E-state index contributed by atoms with van der Waals surface area (Å²) in [6, 6.07) is 0. The molecule has 0 bridgehead atoms. The standard InChI is InChI=1S/C12H18N4O2S3/c1-7-8(2)20-12-10(7)11(16-13)14-9(15-12)6-19-4-5-21(3,17)18/h4-6,13H2,1-3H3,(H,14,15,16). The van der Waals surface area contributed by atoms with E-state index in [4.69, 9.17) is 5.84 Å². The lowest BCUT2D eigenvalue weighted by atomic mass is 10.2. The number of fused-ring (bicyclic) bond motifs is 1. The SMILES string of the molecule is Cc1sc2nc(CSCCS(C)(=O)=O)nc(NN)c2c1C. The largest absolute Gasteiger partial charge is 0.308 e. The monoisotopic (exact) mass is 346 g/mol. The Morgan fingerprint density at radius 2 is 2.05 bits per heavy atom. The molecule has 0 radical (unpaired) electrons. The highest BCUT2D eigenvalue weighted by molar-refractivity contribution is 7.99. The van der Waals surface area contributed by atoms with Gasteiger partial charge in [0, 0.05) is 16.9 Å². The van der Waals surface area contributed by atoms with E-state index in [0.29, 0.717) is 23.1 Å². The van der Waals surface area contributed by atoms with Gasteiger partial charge in [0.1, 0.15) is 20.5 Å². The second-order valence-electron chi connectivity index (χ2n) is 4.78. The summed E-state index contributed by atoms with van der Waals surface area (Å²) < 4.78 is 22.2. The number of nitrogen functional groups attached to an aromatic ring is 1. The molecular weight excluding hydrogens is 328 g/mol. The smallest absolute Gasteiger partial charge is 0.152 e. The first-order chi connectivity index (χ1) is 9.81. The van der Waals surface area contributed by atoms with Crippen LogP contribution < -0.4 is 11.3 Å². The van der Waals surface area contributed by atoms with Gasteiger partial charge in [-0.2, -0.15) is 11.8 Å². The zero-order chi connectivity index (χ0) is 15.6. The lowest BCUT2D eigenvalue weighted by molar-refractivity contribution is 0.603. The van der Waals surface area contributed by atoms with Crippen molar-refractivity contribution < 1.29 is 8.42 Å². The van der Waals surface area contributed by atoms with Gasteiger partial charge in [-0.25, -0.2) is 24.2 Å². The molecule has 2 aromatic heterocycles. The summed E-state index contributed by atoms with van der Waals surface area (Å²) in [6.45, 7) is 4.07. The van der Waals surface area contributed by atoms with E-state index in [-0.39, 0.29) is 5.75 Å². The minimum atomic E-state index is -2.92. The molecular formula is C12H18N4O2S3. The van der Waals surface area contributed by atoms with E-state index in [2.05, 4.69) is 15.4 Å². The van der Waals surface area contributed by atoms with Crippen LogP contribution in [0.2, 0.25) is 0 Å². The quantitative estimate of drug-likeness (QED) is 0.468. The zero-order valence-corrected chi connectivity index (χ0v) is 14.6. The van der Waals surface area contributed by atoms with Crippen molar-refractivity contribution in [3.63, 3.8) is 0 Å². The lowest BCUT2D eigenvalue weighted by Crippen LogP contribution is -2.11. The minimum Gasteiger partial charge on any atom is -0.308 e. The van der Waals surface area contributed by atoms with Gasteiger partial charge in [0.2, 0.25) is 0 Å². The van der Waals surface area contributed by atoms with E-state index in [1.54, 1.807) is 11.3 Å². The molecule has 3 N–H and O–H groups in total. The highest BCUT2D eigenvalue weighted by Gasteiger charge is 2.14. The van der Waals surface area contributed by atoms with Crippen LogP contribution in [0.3, 0.4) is 0 Å². The molecule has 0 aliphatic carbocycles. The number of rotatable bonds is 6. The van der Waals surface area contributed by atoms with E-state index in [0.717, 1.165) is 15.8 Å². The fourth-order valence-electron chi connectivity index (χ4n) is 1.84. The van der Waals surface area contributed by atoms with Crippen molar-refractivity contribution in [1.29, 1.82) is 0 Å². The van der Waals surface area contributed by atoms with Crippen LogP contribution in [0.4, 0.5) is 5.82 Å². The summed E-state index contributed by atoms with van der Waals surface area (Å²) in [7, 11) is -2.92. The number of hydrazine groups is 1. The van der Waals surface area contributed by atoms with Crippen LogP contribution in [0.15, 0.2) is 0 Å². The van der Waals surface area contributed by atoms with Gasteiger partial charge in [-0.05, 0) is 19.4 Å². The van der Waals surface area contributed by atoms with Gasteiger partial charge in [-0.1, -0.05) is 0 Å². The number of sulfone groups is 1. The number of thioether (sulfide) groups is 1. The summed E-state index contributed by atoms with van der Waals surface area (Å²) in [6.07, 6.45) is 1.24. The van der Waals surface area contributed by atoms with Crippen LogP contribution in [0.1, 0.15) is 16.3 Å². The molecule has 21 heavy (non-hydrogen) atoms. The molecule has 0 amide bonds. The van der Waals surface area contributed by atoms with Gasteiger partial charge in [0.25, 0.3) is 0 Å². The van der Waals surface area contributed by atoms with Gasteiger partial charge in [-0.15, -0.1) is 11.3 Å². The fraction of sp³-hybridized carbons (Fsp3) is 0.500. The molecule has 0 fully saturated rings. The number of hydrogen-bond donors (Lipinski definition) is 2. The Morgan fingerprint density at radius 1 is 1.33 bits per heavy atom. The average Bonchev–Trinajstić information content (AvgIpc) is 2.68. The van der Waals surface area contributed by atoms with Gasteiger partial charge in [0.15, 0.2) is 5.82 Å². The molecule has 2 rings (SSSR count). The zero-order valence-electron chi connectivity index (χ0n) is 12.1. The lowest BCUT2D eigenvalue weighted by Gasteiger charge is -2.06. The number of aryl methyl sites for hydroxylation is 2. The summed E-state index contributed by atoms with van der Waals surface area (Å²) in [5.41, 5.74) is 3.77. The van der Waals surface area contributed by atoms with Crippen LogP contribution >= 0.6 is 23.1 Å². The molecule has 0 saturated carbocycles. The Morgan fingerprint density at radius 3 is 2.67 bits per heavy atom. The Labute approximate surface area is 132 Å². The van der Waals surface area contributed by atoms with Crippen molar-refractivity contribution in [3.05, 3.63) is 16.3 Å². The molecule has 0 spiro atoms. The number of nitrogens with one attached hydrogen (secondary N) is 1. The van der Waals surface area contributed by atoms with Crippen LogP contribution in [-0.4, -0.2) is 36.1 Å². The molecule has 6 nitrogen and oxygen atoms in total. The first kappa shape index (κ1) is 16.5. The van der Waals surface area contributed by atoms with Crippen LogP contribution in [0.5, 0.6) is 0 Å². The van der Waals surface area contributed by atoms with E-state index < -0.39 is 9.84 Å². The predicted molar refractivity (Wildman–Crippen MR) is 90.6 cm³/mol. The summed E-state index contributed by atoms with van der Waals surface area (Å²) in [5, 5.41) is 0.963. The third kappa shape index (κ3) is 4.06. The minimum absolute atomic E-state index is 0.166. The maximum Gasteiger partial charge on any atom is 0.152 e. The Kier molecular flexibility index (Phi) is 5.07. The first-order valence-corrected chi connectivity index (χ1v) is 10.3. The molecule has 9 heteroatoms. The first-order valence-electron chi connectivity index (χ1n) is 6.30. The molecule has 0 saturated heterocycles. The van der Waals surface area contributed by atoms with Crippen molar-refractivity contribution in [2.45, 2.75) is 19.6 Å². The highest BCUT2D eigenvalue weighted by Crippen LogP contribution is 2.33. The van der Waals surface area contributed by atoms with Gasteiger partial charge >= 0.3 is 0 Å². The number of thiophene rings is 1. The molecule has 0 unspecified atom stereocenters. The molecule has 2 aromatic rings. The fourth-order valence-corrected chi connectivity index (χ4v) is 5.02. The van der Waals surface area contributed by atoms with Crippen LogP contribution in [0.25, 0.3) is 10.2 Å². The van der Waals surface area contributed by atoms with E-state index >= 15 is 0 Å². The Hall–Kier alpha value is -0.900. The number of aromatic nitrogens is 2. The number of hydrogen-bond acceptors (Lipinski definition) is 8. The van der Waals surface area contributed by atoms with E-state index in [1.807, 2.05) is 13.8 Å². The topological polar surface area (TPSA) is 98.0 Å². The maximum atomic E-state index is 11.1. The van der Waals surface area contributed by atoms with Crippen molar-refractivity contribution in [2.24, 2.45) is 5.84 Å². The maximum absolute atomic E-state index is 11.1. The molecule has 0 aliphatic rings. The van der Waals surface area contributed by atoms with Gasteiger partial charge in [0.05, 0.1) is 16.9 Å². The van der Waals surface area contributed by atoms with Crippen molar-refractivity contribution in [2.75, 3.05) is 23.2 Å². The van der Waals surface area contributed by atoms with E-state index in [9.17, 15) is 8.42 Å². The van der Waals surface area contributed by atoms with E-state index in [1.165, 1.54) is 22.9 Å². The van der Waals surface area contributed by atoms with Crippen molar-refractivity contribution in [3.8, 4) is 0 Å².